The molecule has 1 saturated heterocycles. The van der Waals surface area contributed by atoms with Crippen LogP contribution < -0.4 is 9.80 Å². The molecular formula is C20H25FN6. The monoisotopic (exact) mass is 368 g/mol. The van der Waals surface area contributed by atoms with E-state index in [0.717, 1.165) is 60.8 Å². The minimum atomic E-state index is -0.173. The lowest BCUT2D eigenvalue weighted by atomic mass is 10.2. The lowest BCUT2D eigenvalue weighted by Crippen LogP contribution is -2.46. The number of aromatic amines is 1. The molecule has 1 aliphatic rings. The van der Waals surface area contributed by atoms with Gasteiger partial charge in [-0.1, -0.05) is 12.1 Å². The maximum Gasteiger partial charge on any atom is 0.228 e. The van der Waals surface area contributed by atoms with Gasteiger partial charge in [0.25, 0.3) is 0 Å². The van der Waals surface area contributed by atoms with Crippen molar-refractivity contribution in [3.8, 4) is 0 Å². The Morgan fingerprint density at radius 2 is 1.89 bits per heavy atom. The van der Waals surface area contributed by atoms with E-state index in [4.69, 9.17) is 4.98 Å². The Hall–Kier alpha value is -2.67. The Morgan fingerprint density at radius 3 is 2.59 bits per heavy atom. The van der Waals surface area contributed by atoms with Gasteiger partial charge in [0.05, 0.1) is 5.39 Å². The summed E-state index contributed by atoms with van der Waals surface area (Å²) < 4.78 is 13.4. The van der Waals surface area contributed by atoms with E-state index in [-0.39, 0.29) is 5.82 Å². The Labute approximate surface area is 158 Å². The van der Waals surface area contributed by atoms with Crippen LogP contribution >= 0.6 is 0 Å². The van der Waals surface area contributed by atoms with Gasteiger partial charge in [-0.15, -0.1) is 0 Å². The Balaban J connectivity index is 1.52. The summed E-state index contributed by atoms with van der Waals surface area (Å²) in [6, 6.07) is 8.98. The highest BCUT2D eigenvalue weighted by atomic mass is 19.1. The van der Waals surface area contributed by atoms with Gasteiger partial charge in [-0.25, -0.2) is 4.39 Å². The van der Waals surface area contributed by atoms with Crippen molar-refractivity contribution in [1.82, 2.24) is 19.9 Å². The standard InChI is InChI=1S/C20H25FN6/c1-14-11-17-18(22-14)23-20(25(2)3)24-19(17)27-9-7-26(8-10-27)13-15-5-4-6-16(21)12-15/h4-6,11-12H,7-10,13H2,1-3H3,(H,22,23,24). The third kappa shape index (κ3) is 3.73. The van der Waals surface area contributed by atoms with Crippen LogP contribution in [0.2, 0.25) is 0 Å². The minimum Gasteiger partial charge on any atom is -0.353 e. The molecule has 6 nitrogen and oxygen atoms in total. The first-order chi connectivity index (χ1) is 13.0. The molecule has 0 spiro atoms. The van der Waals surface area contributed by atoms with Crippen LogP contribution in [0, 0.1) is 12.7 Å². The summed E-state index contributed by atoms with van der Waals surface area (Å²) in [5.41, 5.74) is 2.98. The van der Waals surface area contributed by atoms with Crippen molar-refractivity contribution in [2.45, 2.75) is 13.5 Å². The third-order valence-corrected chi connectivity index (χ3v) is 4.96. The van der Waals surface area contributed by atoms with Gasteiger partial charge < -0.3 is 14.8 Å². The van der Waals surface area contributed by atoms with E-state index in [2.05, 4.69) is 25.8 Å². The first-order valence-electron chi connectivity index (χ1n) is 9.26. The second-order valence-electron chi connectivity index (χ2n) is 7.35. The van der Waals surface area contributed by atoms with Crippen molar-refractivity contribution >= 4 is 22.8 Å². The molecule has 7 heteroatoms. The number of hydrogen-bond acceptors (Lipinski definition) is 5. The SMILES string of the molecule is Cc1cc2c(N3CCN(Cc4cccc(F)c4)CC3)nc(N(C)C)nc2[nH]1. The predicted octanol–water partition coefficient (Wildman–Crippen LogP) is 2.79. The molecule has 4 rings (SSSR count). The fourth-order valence-corrected chi connectivity index (χ4v) is 3.57. The highest BCUT2D eigenvalue weighted by Crippen LogP contribution is 2.28. The number of aryl methyl sites for hydroxylation is 1. The second kappa shape index (κ2) is 7.15. The number of rotatable bonds is 4. The summed E-state index contributed by atoms with van der Waals surface area (Å²) >= 11 is 0. The summed E-state index contributed by atoms with van der Waals surface area (Å²) in [7, 11) is 3.91. The van der Waals surface area contributed by atoms with E-state index >= 15 is 0 Å². The number of H-pyrrole nitrogens is 1. The molecule has 1 aromatic carbocycles. The number of anilines is 2. The molecule has 0 amide bonds. The molecule has 0 atom stereocenters. The van der Waals surface area contributed by atoms with Crippen LogP contribution in [-0.2, 0) is 6.54 Å². The van der Waals surface area contributed by atoms with Gasteiger partial charge >= 0.3 is 0 Å². The zero-order valence-electron chi connectivity index (χ0n) is 16.0. The molecule has 3 aromatic rings. The predicted molar refractivity (Wildman–Crippen MR) is 107 cm³/mol. The molecule has 1 aliphatic heterocycles. The van der Waals surface area contributed by atoms with Crippen LogP contribution in [0.1, 0.15) is 11.3 Å². The molecule has 0 aliphatic carbocycles. The third-order valence-electron chi connectivity index (χ3n) is 4.96. The first-order valence-corrected chi connectivity index (χ1v) is 9.26. The highest BCUT2D eigenvalue weighted by Gasteiger charge is 2.22. The largest absolute Gasteiger partial charge is 0.353 e. The van der Waals surface area contributed by atoms with Crippen molar-refractivity contribution in [3.05, 3.63) is 47.4 Å². The fraction of sp³-hybridized carbons (Fsp3) is 0.400. The van der Waals surface area contributed by atoms with E-state index in [1.165, 1.54) is 6.07 Å². The average molecular weight is 368 g/mol. The topological polar surface area (TPSA) is 51.3 Å². The lowest BCUT2D eigenvalue weighted by molar-refractivity contribution is 0.249. The van der Waals surface area contributed by atoms with Gasteiger partial charge in [0, 0.05) is 52.5 Å². The minimum absolute atomic E-state index is 0.173. The summed E-state index contributed by atoms with van der Waals surface area (Å²) in [6.45, 7) is 6.43. The molecule has 0 saturated carbocycles. The maximum absolute atomic E-state index is 13.4. The van der Waals surface area contributed by atoms with Crippen LogP contribution in [0.4, 0.5) is 16.2 Å². The van der Waals surface area contributed by atoms with Crippen molar-refractivity contribution in [2.75, 3.05) is 50.1 Å². The van der Waals surface area contributed by atoms with Gasteiger partial charge in [0.2, 0.25) is 5.95 Å². The number of benzene rings is 1. The molecule has 1 fully saturated rings. The Morgan fingerprint density at radius 1 is 1.11 bits per heavy atom. The Kier molecular flexibility index (Phi) is 4.70. The van der Waals surface area contributed by atoms with Crippen LogP contribution in [0.25, 0.3) is 11.0 Å². The van der Waals surface area contributed by atoms with Gasteiger partial charge in [-0.3, -0.25) is 4.90 Å². The molecule has 0 unspecified atom stereocenters. The molecule has 27 heavy (non-hydrogen) atoms. The summed E-state index contributed by atoms with van der Waals surface area (Å²) in [5, 5.41) is 1.07. The number of piperazine rings is 1. The van der Waals surface area contributed by atoms with Crippen LogP contribution in [0.3, 0.4) is 0 Å². The number of nitrogens with zero attached hydrogens (tertiary/aromatic N) is 5. The Bertz CT molecular complexity index is 943. The lowest BCUT2D eigenvalue weighted by Gasteiger charge is -2.35. The maximum atomic E-state index is 13.4. The molecule has 0 radical (unpaired) electrons. The quantitative estimate of drug-likeness (QED) is 0.767. The number of halogens is 1. The molecule has 142 valence electrons. The molecule has 1 N–H and O–H groups in total. The smallest absolute Gasteiger partial charge is 0.228 e. The van der Waals surface area contributed by atoms with E-state index in [1.54, 1.807) is 12.1 Å². The summed E-state index contributed by atoms with van der Waals surface area (Å²) in [4.78, 5) is 19.4. The van der Waals surface area contributed by atoms with Crippen LogP contribution in [0.15, 0.2) is 30.3 Å². The van der Waals surface area contributed by atoms with E-state index < -0.39 is 0 Å². The normalized spacial score (nSPS) is 15.5. The molecule has 3 heterocycles. The number of fused-ring (bicyclic) bond motifs is 1. The van der Waals surface area contributed by atoms with Crippen molar-refractivity contribution in [1.29, 1.82) is 0 Å². The fourth-order valence-electron chi connectivity index (χ4n) is 3.57. The molecule has 0 bridgehead atoms. The first kappa shape index (κ1) is 17.7. The van der Waals surface area contributed by atoms with E-state index in [1.807, 2.05) is 32.0 Å². The summed E-state index contributed by atoms with van der Waals surface area (Å²) in [6.07, 6.45) is 0. The van der Waals surface area contributed by atoms with Crippen LogP contribution in [0.5, 0.6) is 0 Å². The number of hydrogen-bond donors (Lipinski definition) is 1. The molecular weight excluding hydrogens is 343 g/mol. The number of aromatic nitrogens is 3. The van der Waals surface area contributed by atoms with Gasteiger partial charge in [0.1, 0.15) is 17.3 Å². The van der Waals surface area contributed by atoms with E-state index in [9.17, 15) is 4.39 Å². The average Bonchev–Trinajstić information content (AvgIpc) is 3.01. The van der Waals surface area contributed by atoms with Crippen molar-refractivity contribution in [3.63, 3.8) is 0 Å². The molecule has 2 aromatic heterocycles. The zero-order chi connectivity index (χ0) is 19.0. The number of nitrogens with one attached hydrogen (secondary N) is 1. The zero-order valence-corrected chi connectivity index (χ0v) is 16.0. The second-order valence-corrected chi connectivity index (χ2v) is 7.35. The summed E-state index contributed by atoms with van der Waals surface area (Å²) in [5.74, 6) is 1.52. The van der Waals surface area contributed by atoms with Gasteiger partial charge in [-0.05, 0) is 30.7 Å². The van der Waals surface area contributed by atoms with Crippen molar-refractivity contribution in [2.24, 2.45) is 0 Å². The van der Waals surface area contributed by atoms with E-state index in [0.29, 0.717) is 5.95 Å². The van der Waals surface area contributed by atoms with Gasteiger partial charge in [-0.2, -0.15) is 9.97 Å². The van der Waals surface area contributed by atoms with Crippen molar-refractivity contribution < 1.29 is 4.39 Å². The van der Waals surface area contributed by atoms with Crippen LogP contribution in [-0.4, -0.2) is 60.1 Å². The van der Waals surface area contributed by atoms with Gasteiger partial charge in [0.15, 0.2) is 0 Å². The highest BCUT2D eigenvalue weighted by molar-refractivity contribution is 5.89.